The molecular formula is C3H9BFN. The Hall–Kier alpha value is -0.0451. The summed E-state index contributed by atoms with van der Waals surface area (Å²) in [5.74, 6) is 0. The third-order valence-corrected chi connectivity index (χ3v) is 0.712. The van der Waals surface area contributed by atoms with Gasteiger partial charge in [-0.2, -0.15) is 0 Å². The molecule has 0 aromatic heterocycles. The maximum absolute atomic E-state index is 11.8. The Morgan fingerprint density at radius 1 is 1.50 bits per heavy atom. The van der Waals surface area contributed by atoms with Crippen LogP contribution < -0.4 is 0 Å². The van der Waals surface area contributed by atoms with E-state index in [4.69, 9.17) is 0 Å². The Kier molecular flexibility index (Phi) is 2.17. The van der Waals surface area contributed by atoms with Crippen LogP contribution in [-0.2, 0) is 0 Å². The Labute approximate surface area is 38.3 Å². The number of hydrogen-bond donors (Lipinski definition) is 0. The van der Waals surface area contributed by atoms with Crippen molar-refractivity contribution in [2.75, 3.05) is 14.1 Å². The lowest BCUT2D eigenvalue weighted by Crippen LogP contribution is -2.24. The molecule has 0 unspecified atom stereocenters. The fourth-order valence-electron chi connectivity index (χ4n) is 0. The molecule has 0 spiro atoms. The fraction of sp³-hybridized carbons (Fsp3) is 1.00. The minimum atomic E-state index is -0.815. The first-order valence-corrected chi connectivity index (χ1v) is 1.95. The van der Waals surface area contributed by atoms with Gasteiger partial charge in [-0.05, 0) is 20.9 Å². The molecule has 0 heterocycles. The Bertz CT molecular complexity index is 31.8. The second-order valence-electron chi connectivity index (χ2n) is 1.54. The van der Waals surface area contributed by atoms with Gasteiger partial charge in [0.1, 0.15) is 0 Å². The summed E-state index contributed by atoms with van der Waals surface area (Å²) in [6, 6.07) is 0. The quantitative estimate of drug-likeness (QED) is 0.426. The van der Waals surface area contributed by atoms with Crippen molar-refractivity contribution < 1.29 is 4.32 Å². The molecule has 0 radical (unpaired) electrons. The van der Waals surface area contributed by atoms with Crippen LogP contribution in [0, 0.1) is 0 Å². The van der Waals surface area contributed by atoms with Crippen LogP contribution in [0.1, 0.15) is 0 Å². The third-order valence-electron chi connectivity index (χ3n) is 0.712. The highest BCUT2D eigenvalue weighted by molar-refractivity contribution is 6.45. The van der Waals surface area contributed by atoms with Crippen LogP contribution in [0.4, 0.5) is 4.32 Å². The zero-order chi connectivity index (χ0) is 5.15. The molecule has 0 saturated carbocycles. The van der Waals surface area contributed by atoms with Crippen LogP contribution in [0.2, 0.25) is 6.82 Å². The van der Waals surface area contributed by atoms with Gasteiger partial charge >= 0.3 is 7.12 Å². The number of halogens is 1. The zero-order valence-corrected chi connectivity index (χ0v) is 4.40. The molecule has 0 bridgehead atoms. The summed E-state index contributed by atoms with van der Waals surface area (Å²) in [5, 5.41) is 0. The van der Waals surface area contributed by atoms with Gasteiger partial charge < -0.3 is 9.13 Å². The first-order chi connectivity index (χ1) is 2.64. The van der Waals surface area contributed by atoms with E-state index in [9.17, 15) is 4.32 Å². The molecule has 0 rings (SSSR count). The highest BCUT2D eigenvalue weighted by atomic mass is 19.1. The van der Waals surface area contributed by atoms with Crippen molar-refractivity contribution in [3.05, 3.63) is 0 Å². The predicted octanol–water partition coefficient (Wildman–Crippen LogP) is 0.635. The largest absolute Gasteiger partial charge is 0.427 e. The number of hydrogen-bond acceptors (Lipinski definition) is 1. The minimum absolute atomic E-state index is 0.815. The van der Waals surface area contributed by atoms with Gasteiger partial charge in [0, 0.05) is 0 Å². The van der Waals surface area contributed by atoms with E-state index in [0.717, 1.165) is 0 Å². The monoisotopic (exact) mass is 89.1 g/mol. The van der Waals surface area contributed by atoms with Crippen LogP contribution in [-0.4, -0.2) is 26.0 Å². The van der Waals surface area contributed by atoms with Gasteiger partial charge in [-0.3, -0.25) is 0 Å². The summed E-state index contributed by atoms with van der Waals surface area (Å²) >= 11 is 0. The second-order valence-corrected chi connectivity index (χ2v) is 1.54. The van der Waals surface area contributed by atoms with Gasteiger partial charge in [0.05, 0.1) is 0 Å². The minimum Gasteiger partial charge on any atom is -0.319 e. The average Bonchev–Trinajstić information content (AvgIpc) is 1.36. The molecule has 3 heteroatoms. The standard InChI is InChI=1S/C3H9BFN/c1-4(5)6(2)3/h1-3H3. The predicted molar refractivity (Wildman–Crippen MR) is 26.4 cm³/mol. The summed E-state index contributed by atoms with van der Waals surface area (Å²) in [6.45, 7) is 1.50. The molecule has 1 nitrogen and oxygen atoms in total. The van der Waals surface area contributed by atoms with Gasteiger partial charge in [0.2, 0.25) is 0 Å². The zero-order valence-electron chi connectivity index (χ0n) is 4.40. The molecule has 0 saturated heterocycles. The van der Waals surface area contributed by atoms with E-state index in [-0.39, 0.29) is 0 Å². The first kappa shape index (κ1) is 5.95. The van der Waals surface area contributed by atoms with E-state index in [1.165, 1.54) is 11.6 Å². The lowest BCUT2D eigenvalue weighted by Gasteiger charge is -2.03. The van der Waals surface area contributed by atoms with E-state index in [2.05, 4.69) is 0 Å². The molecule has 0 aromatic carbocycles. The Balaban J connectivity index is 2.99. The normalized spacial score (nSPS) is 9.50. The summed E-state index contributed by atoms with van der Waals surface area (Å²) in [5.41, 5.74) is 0. The fourth-order valence-corrected chi connectivity index (χ4v) is 0. The lowest BCUT2D eigenvalue weighted by atomic mass is 9.91. The van der Waals surface area contributed by atoms with Gasteiger partial charge in [-0.25, -0.2) is 0 Å². The van der Waals surface area contributed by atoms with Crippen LogP contribution in [0.3, 0.4) is 0 Å². The number of nitrogens with zero attached hydrogens (tertiary/aromatic N) is 1. The van der Waals surface area contributed by atoms with E-state index in [1.807, 2.05) is 0 Å². The second kappa shape index (κ2) is 2.19. The molecule has 36 valence electrons. The van der Waals surface area contributed by atoms with E-state index < -0.39 is 7.12 Å². The molecule has 0 atom stereocenters. The maximum Gasteiger partial charge on any atom is 0.427 e. The van der Waals surface area contributed by atoms with Crippen LogP contribution in [0.15, 0.2) is 0 Å². The third kappa shape index (κ3) is 2.21. The van der Waals surface area contributed by atoms with Crippen molar-refractivity contribution in [1.29, 1.82) is 0 Å². The summed E-state index contributed by atoms with van der Waals surface area (Å²) in [4.78, 5) is 1.50. The highest BCUT2D eigenvalue weighted by Gasteiger charge is 2.05. The van der Waals surface area contributed by atoms with Gasteiger partial charge in [-0.1, -0.05) is 0 Å². The van der Waals surface area contributed by atoms with Crippen molar-refractivity contribution >= 4 is 7.12 Å². The highest BCUT2D eigenvalue weighted by Crippen LogP contribution is 1.82. The van der Waals surface area contributed by atoms with E-state index >= 15 is 0 Å². The molecule has 0 aromatic rings. The van der Waals surface area contributed by atoms with Crippen LogP contribution in [0.5, 0.6) is 0 Å². The molecule has 0 aliphatic heterocycles. The SMILES string of the molecule is CB(F)N(C)C. The molecule has 0 amide bonds. The molecule has 6 heavy (non-hydrogen) atoms. The molecular weight excluding hydrogens is 79.8 g/mol. The van der Waals surface area contributed by atoms with Crippen LogP contribution >= 0.6 is 0 Å². The summed E-state index contributed by atoms with van der Waals surface area (Å²) in [6.07, 6.45) is 0. The summed E-state index contributed by atoms with van der Waals surface area (Å²) in [7, 11) is 2.58. The van der Waals surface area contributed by atoms with Crippen molar-refractivity contribution in [1.82, 2.24) is 4.81 Å². The summed E-state index contributed by atoms with van der Waals surface area (Å²) < 4.78 is 11.8. The van der Waals surface area contributed by atoms with Crippen molar-refractivity contribution in [2.45, 2.75) is 6.82 Å². The topological polar surface area (TPSA) is 3.24 Å². The smallest absolute Gasteiger partial charge is 0.319 e. The van der Waals surface area contributed by atoms with Crippen molar-refractivity contribution in [3.8, 4) is 0 Å². The average molecular weight is 88.9 g/mol. The van der Waals surface area contributed by atoms with E-state index in [1.54, 1.807) is 14.1 Å². The molecule has 0 fully saturated rings. The Morgan fingerprint density at radius 3 is 1.67 bits per heavy atom. The van der Waals surface area contributed by atoms with Crippen molar-refractivity contribution in [3.63, 3.8) is 0 Å². The molecule has 0 aliphatic rings. The Morgan fingerprint density at radius 2 is 1.67 bits per heavy atom. The maximum atomic E-state index is 11.8. The lowest BCUT2D eigenvalue weighted by molar-refractivity contribution is 0.572. The van der Waals surface area contributed by atoms with Gasteiger partial charge in [0.15, 0.2) is 0 Å². The first-order valence-electron chi connectivity index (χ1n) is 1.95. The van der Waals surface area contributed by atoms with Gasteiger partial charge in [0.25, 0.3) is 0 Å². The molecule has 0 N–H and O–H groups in total. The van der Waals surface area contributed by atoms with Gasteiger partial charge in [-0.15, -0.1) is 0 Å². The molecule has 0 aliphatic carbocycles. The van der Waals surface area contributed by atoms with Crippen LogP contribution in [0.25, 0.3) is 0 Å². The van der Waals surface area contributed by atoms with Crippen molar-refractivity contribution in [2.24, 2.45) is 0 Å². The van der Waals surface area contributed by atoms with E-state index in [0.29, 0.717) is 0 Å². The number of rotatable bonds is 1.